The second kappa shape index (κ2) is 5.45. The van der Waals surface area contributed by atoms with Crippen molar-refractivity contribution in [3.8, 4) is 0 Å². The predicted molar refractivity (Wildman–Crippen MR) is 83.3 cm³/mol. The molecule has 0 spiro atoms. The molecule has 3 rings (SSSR count). The third-order valence-corrected chi connectivity index (χ3v) is 4.16. The minimum absolute atomic E-state index is 0.0165. The number of rotatable bonds is 2. The highest BCUT2D eigenvalue weighted by molar-refractivity contribution is 5.30. The van der Waals surface area contributed by atoms with Gasteiger partial charge >= 0.3 is 0 Å². The normalized spacial score (nSPS) is 15.0. The highest BCUT2D eigenvalue weighted by Gasteiger charge is 2.20. The van der Waals surface area contributed by atoms with Gasteiger partial charge in [0, 0.05) is 26.1 Å². The minimum atomic E-state index is 0.0165. The molecule has 21 heavy (non-hydrogen) atoms. The Morgan fingerprint density at radius 3 is 2.86 bits per heavy atom. The van der Waals surface area contributed by atoms with Crippen LogP contribution in [0.5, 0.6) is 0 Å². The Bertz CT molecular complexity index is 733. The Morgan fingerprint density at radius 2 is 2.10 bits per heavy atom. The predicted octanol–water partition coefficient (Wildman–Crippen LogP) is 2.25. The molecule has 2 aromatic rings. The van der Waals surface area contributed by atoms with Gasteiger partial charge in [-0.2, -0.15) is 0 Å². The van der Waals surface area contributed by atoms with E-state index < -0.39 is 0 Å². The van der Waals surface area contributed by atoms with Crippen LogP contribution in [0.1, 0.15) is 33.8 Å². The summed E-state index contributed by atoms with van der Waals surface area (Å²) in [5.41, 5.74) is 5.75. The van der Waals surface area contributed by atoms with E-state index in [-0.39, 0.29) is 5.56 Å². The smallest absolute Gasteiger partial charge is 0.255 e. The number of aryl methyl sites for hydroxylation is 3. The van der Waals surface area contributed by atoms with Crippen LogP contribution in [0.4, 0.5) is 0 Å². The molecule has 1 aliphatic rings. The molecule has 0 unspecified atom stereocenters. The maximum absolute atomic E-state index is 12.1. The summed E-state index contributed by atoms with van der Waals surface area (Å²) in [6.07, 6.45) is 0.852. The van der Waals surface area contributed by atoms with Gasteiger partial charge in [-0.05, 0) is 31.9 Å². The van der Waals surface area contributed by atoms with Crippen molar-refractivity contribution < 1.29 is 0 Å². The molecule has 0 saturated carbocycles. The largest absolute Gasteiger partial charge is 0.310 e. The number of hydrogen-bond donors (Lipinski definition) is 1. The van der Waals surface area contributed by atoms with E-state index in [9.17, 15) is 4.79 Å². The maximum Gasteiger partial charge on any atom is 0.255 e. The van der Waals surface area contributed by atoms with Crippen molar-refractivity contribution in [2.75, 3.05) is 6.54 Å². The van der Waals surface area contributed by atoms with Gasteiger partial charge in [-0.15, -0.1) is 0 Å². The van der Waals surface area contributed by atoms with Gasteiger partial charge in [0.2, 0.25) is 0 Å². The molecule has 4 heteroatoms. The molecule has 0 aliphatic carbocycles. The topological polar surface area (TPSA) is 49.0 Å². The molecule has 0 amide bonds. The van der Waals surface area contributed by atoms with Gasteiger partial charge < -0.3 is 4.98 Å². The lowest BCUT2D eigenvalue weighted by atomic mass is 10.0. The fourth-order valence-electron chi connectivity index (χ4n) is 3.00. The van der Waals surface area contributed by atoms with Gasteiger partial charge in [0.05, 0.1) is 11.3 Å². The molecule has 0 radical (unpaired) electrons. The lowest BCUT2D eigenvalue weighted by molar-refractivity contribution is 0.241. The van der Waals surface area contributed by atoms with Crippen molar-refractivity contribution in [3.63, 3.8) is 0 Å². The van der Waals surface area contributed by atoms with E-state index in [0.717, 1.165) is 30.8 Å². The van der Waals surface area contributed by atoms with Crippen LogP contribution < -0.4 is 5.56 Å². The van der Waals surface area contributed by atoms with Crippen LogP contribution in [-0.2, 0) is 19.5 Å². The molecule has 110 valence electrons. The van der Waals surface area contributed by atoms with E-state index in [4.69, 9.17) is 0 Å². The molecule has 1 aromatic carbocycles. The van der Waals surface area contributed by atoms with Crippen LogP contribution in [0.3, 0.4) is 0 Å². The number of aromatic amines is 1. The van der Waals surface area contributed by atoms with Crippen molar-refractivity contribution in [1.29, 1.82) is 0 Å². The second-order valence-corrected chi connectivity index (χ2v) is 5.97. The first-order valence-corrected chi connectivity index (χ1v) is 7.40. The summed E-state index contributed by atoms with van der Waals surface area (Å²) >= 11 is 0. The zero-order valence-electron chi connectivity index (χ0n) is 12.9. The molecule has 0 fully saturated rings. The molecule has 4 nitrogen and oxygen atoms in total. The van der Waals surface area contributed by atoms with Crippen molar-refractivity contribution in [1.82, 2.24) is 14.9 Å². The van der Waals surface area contributed by atoms with Crippen LogP contribution >= 0.6 is 0 Å². The van der Waals surface area contributed by atoms with Crippen molar-refractivity contribution in [3.05, 3.63) is 62.3 Å². The number of nitrogens with zero attached hydrogens (tertiary/aromatic N) is 2. The van der Waals surface area contributed by atoms with E-state index >= 15 is 0 Å². The second-order valence-electron chi connectivity index (χ2n) is 5.97. The molecular weight excluding hydrogens is 262 g/mol. The Kier molecular flexibility index (Phi) is 3.64. The zero-order valence-corrected chi connectivity index (χ0v) is 12.9. The lowest BCUT2D eigenvalue weighted by Crippen LogP contribution is -2.35. The van der Waals surface area contributed by atoms with Gasteiger partial charge in [-0.25, -0.2) is 4.98 Å². The fraction of sp³-hybridized carbons (Fsp3) is 0.412. The summed E-state index contributed by atoms with van der Waals surface area (Å²) in [5.74, 6) is 0.710. The molecule has 1 N–H and O–H groups in total. The number of aromatic nitrogens is 2. The molecule has 1 aliphatic heterocycles. The van der Waals surface area contributed by atoms with Crippen LogP contribution in [0.15, 0.2) is 23.0 Å². The Morgan fingerprint density at radius 1 is 1.29 bits per heavy atom. The van der Waals surface area contributed by atoms with E-state index in [2.05, 4.69) is 46.9 Å². The average Bonchev–Trinajstić information content (AvgIpc) is 2.42. The standard InChI is InChI=1S/C17H21N3O/c1-11-4-5-14(12(2)8-11)9-20-7-6-16-15(10-20)17(21)19-13(3)18-16/h4-5,8H,6-7,9-10H2,1-3H3,(H,18,19,21). The molecule has 0 saturated heterocycles. The highest BCUT2D eigenvalue weighted by atomic mass is 16.1. The quantitative estimate of drug-likeness (QED) is 0.919. The van der Waals surface area contributed by atoms with Crippen LogP contribution in [-0.4, -0.2) is 21.4 Å². The van der Waals surface area contributed by atoms with E-state index in [1.807, 2.05) is 6.92 Å². The zero-order chi connectivity index (χ0) is 15.0. The fourth-order valence-corrected chi connectivity index (χ4v) is 3.00. The molecule has 0 bridgehead atoms. The minimum Gasteiger partial charge on any atom is -0.310 e. The lowest BCUT2D eigenvalue weighted by Gasteiger charge is -2.28. The molecule has 1 aromatic heterocycles. The molecule has 0 atom stereocenters. The van der Waals surface area contributed by atoms with Crippen molar-refractivity contribution >= 4 is 0 Å². The first kappa shape index (κ1) is 14.0. The SMILES string of the molecule is Cc1ccc(CN2CCc3nc(C)[nH]c(=O)c3C2)c(C)c1. The van der Waals surface area contributed by atoms with Gasteiger partial charge in [0.25, 0.3) is 5.56 Å². The first-order valence-electron chi connectivity index (χ1n) is 7.40. The number of nitrogens with one attached hydrogen (secondary N) is 1. The van der Waals surface area contributed by atoms with Gasteiger partial charge in [0.1, 0.15) is 5.82 Å². The number of fused-ring (bicyclic) bond motifs is 1. The summed E-state index contributed by atoms with van der Waals surface area (Å²) in [6.45, 7) is 8.63. The Labute approximate surface area is 124 Å². The summed E-state index contributed by atoms with van der Waals surface area (Å²) in [4.78, 5) is 21.7. The maximum atomic E-state index is 12.1. The van der Waals surface area contributed by atoms with Crippen molar-refractivity contribution in [2.45, 2.75) is 40.3 Å². The molecular formula is C17H21N3O. The summed E-state index contributed by atoms with van der Waals surface area (Å²) in [5, 5.41) is 0. The van der Waals surface area contributed by atoms with E-state index in [1.165, 1.54) is 16.7 Å². The third kappa shape index (κ3) is 2.90. The van der Waals surface area contributed by atoms with Gasteiger partial charge in [-0.3, -0.25) is 9.69 Å². The number of benzene rings is 1. The van der Waals surface area contributed by atoms with Gasteiger partial charge in [0.15, 0.2) is 0 Å². The van der Waals surface area contributed by atoms with E-state index in [0.29, 0.717) is 12.4 Å². The Hall–Kier alpha value is -1.94. The van der Waals surface area contributed by atoms with Crippen LogP contribution in [0.25, 0.3) is 0 Å². The summed E-state index contributed by atoms with van der Waals surface area (Å²) in [7, 11) is 0. The third-order valence-electron chi connectivity index (χ3n) is 4.16. The summed E-state index contributed by atoms with van der Waals surface area (Å²) in [6, 6.07) is 6.56. The monoisotopic (exact) mass is 283 g/mol. The Balaban J connectivity index is 1.82. The highest BCUT2D eigenvalue weighted by Crippen LogP contribution is 2.18. The average molecular weight is 283 g/mol. The molecule has 2 heterocycles. The number of H-pyrrole nitrogens is 1. The van der Waals surface area contributed by atoms with Crippen molar-refractivity contribution in [2.24, 2.45) is 0 Å². The summed E-state index contributed by atoms with van der Waals surface area (Å²) < 4.78 is 0. The van der Waals surface area contributed by atoms with Crippen LogP contribution in [0, 0.1) is 20.8 Å². The van der Waals surface area contributed by atoms with E-state index in [1.54, 1.807) is 0 Å². The first-order chi connectivity index (χ1) is 10.0. The van der Waals surface area contributed by atoms with Gasteiger partial charge in [-0.1, -0.05) is 23.8 Å². The van der Waals surface area contributed by atoms with Crippen LogP contribution in [0.2, 0.25) is 0 Å². The number of hydrogen-bond acceptors (Lipinski definition) is 3.